The average Bonchev–Trinajstić information content (AvgIpc) is 3.54. The van der Waals surface area contributed by atoms with Crippen LogP contribution >= 0.6 is 23.1 Å². The lowest BCUT2D eigenvalue weighted by Gasteiger charge is -2.15. The Balaban J connectivity index is 1.11. The normalized spacial score (nSPS) is 14.5. The number of thiazole rings is 1. The van der Waals surface area contributed by atoms with Crippen LogP contribution in [-0.2, 0) is 11.3 Å². The van der Waals surface area contributed by atoms with Crippen LogP contribution in [0.3, 0.4) is 0 Å². The summed E-state index contributed by atoms with van der Waals surface area (Å²) in [5.74, 6) is -0.240. The van der Waals surface area contributed by atoms with Gasteiger partial charge >= 0.3 is 0 Å². The van der Waals surface area contributed by atoms with Crippen LogP contribution in [0.2, 0.25) is 0 Å². The third-order valence-electron chi connectivity index (χ3n) is 6.32. The number of carbonyl (C=O) groups excluding carboxylic acids is 3. The van der Waals surface area contributed by atoms with Gasteiger partial charge in [-0.2, -0.15) is 0 Å². The molecule has 184 valence electrons. The summed E-state index contributed by atoms with van der Waals surface area (Å²) in [4.78, 5) is 46.5. The van der Waals surface area contributed by atoms with Crippen molar-refractivity contribution in [2.75, 3.05) is 16.8 Å². The second-order valence-corrected chi connectivity index (χ2v) is 11.0. The Labute approximate surface area is 221 Å². The van der Waals surface area contributed by atoms with Gasteiger partial charge in [0.15, 0.2) is 0 Å². The van der Waals surface area contributed by atoms with Crippen molar-refractivity contribution in [3.8, 4) is 10.6 Å². The first-order valence-corrected chi connectivity index (χ1v) is 13.5. The molecule has 4 aromatic rings. The molecule has 1 fully saturated rings. The van der Waals surface area contributed by atoms with Crippen molar-refractivity contribution < 1.29 is 14.4 Å². The van der Waals surface area contributed by atoms with Gasteiger partial charge in [-0.15, -0.1) is 11.3 Å². The van der Waals surface area contributed by atoms with Gasteiger partial charge in [-0.25, -0.2) is 4.98 Å². The number of fused-ring (bicyclic) bond motifs is 2. The van der Waals surface area contributed by atoms with Crippen molar-refractivity contribution in [2.45, 2.75) is 29.2 Å². The van der Waals surface area contributed by atoms with E-state index in [2.05, 4.69) is 15.6 Å². The molecule has 3 heterocycles. The van der Waals surface area contributed by atoms with Crippen molar-refractivity contribution in [3.05, 3.63) is 88.9 Å². The molecule has 3 amide bonds. The van der Waals surface area contributed by atoms with Gasteiger partial charge < -0.3 is 15.5 Å². The maximum Gasteiger partial charge on any atom is 0.256 e. The molecule has 1 saturated heterocycles. The van der Waals surface area contributed by atoms with Crippen molar-refractivity contribution >= 4 is 52.2 Å². The first-order valence-electron chi connectivity index (χ1n) is 11.9. The second-order valence-electron chi connectivity index (χ2n) is 8.77. The van der Waals surface area contributed by atoms with Crippen molar-refractivity contribution in [1.82, 2.24) is 10.3 Å². The molecule has 0 unspecified atom stereocenters. The molecule has 3 aromatic carbocycles. The fourth-order valence-electron chi connectivity index (χ4n) is 4.41. The molecule has 0 spiro atoms. The highest BCUT2D eigenvalue weighted by Gasteiger charge is 2.22. The molecule has 0 atom stereocenters. The SMILES string of the molecule is O=C(NCc1cnc(-c2ccc(N3CCCC3=O)cc2)s1)c1ccc2c(c1)NC(=O)c1ccccc1S2. The fourth-order valence-corrected chi connectivity index (χ4v) is 6.27. The fraction of sp³-hybridized carbons (Fsp3) is 0.143. The molecule has 9 heteroatoms. The molecule has 37 heavy (non-hydrogen) atoms. The number of amides is 3. The lowest BCUT2D eigenvalue weighted by Crippen LogP contribution is -2.23. The molecule has 6 rings (SSSR count). The number of nitrogens with one attached hydrogen (secondary N) is 2. The number of hydrogen-bond donors (Lipinski definition) is 2. The Morgan fingerprint density at radius 1 is 1.03 bits per heavy atom. The van der Waals surface area contributed by atoms with Gasteiger partial charge in [-0.05, 0) is 61.0 Å². The van der Waals surface area contributed by atoms with Gasteiger partial charge in [0.05, 0.1) is 17.8 Å². The number of nitrogens with zero attached hydrogens (tertiary/aromatic N) is 2. The van der Waals surface area contributed by atoms with Crippen LogP contribution in [0.5, 0.6) is 0 Å². The Hall–Kier alpha value is -3.95. The van der Waals surface area contributed by atoms with Crippen LogP contribution in [0, 0.1) is 0 Å². The summed E-state index contributed by atoms with van der Waals surface area (Å²) in [6.45, 7) is 1.11. The van der Waals surface area contributed by atoms with E-state index in [0.29, 0.717) is 29.8 Å². The Morgan fingerprint density at radius 2 is 1.86 bits per heavy atom. The van der Waals surface area contributed by atoms with E-state index < -0.39 is 0 Å². The second kappa shape index (κ2) is 9.84. The number of benzene rings is 3. The van der Waals surface area contributed by atoms with Gasteiger partial charge in [0, 0.05) is 50.6 Å². The number of anilines is 2. The van der Waals surface area contributed by atoms with Crippen LogP contribution < -0.4 is 15.5 Å². The summed E-state index contributed by atoms with van der Waals surface area (Å²) < 4.78 is 0. The number of aromatic nitrogens is 1. The number of hydrogen-bond acceptors (Lipinski definition) is 6. The third-order valence-corrected chi connectivity index (χ3v) is 8.52. The minimum absolute atomic E-state index is 0.167. The maximum absolute atomic E-state index is 12.9. The highest BCUT2D eigenvalue weighted by molar-refractivity contribution is 7.99. The van der Waals surface area contributed by atoms with E-state index >= 15 is 0 Å². The van der Waals surface area contributed by atoms with E-state index in [9.17, 15) is 14.4 Å². The standard InChI is InChI=1S/C28H22N4O3S2/c33-25-6-3-13-32(25)19-10-7-17(8-11-19)28-30-16-20(36-28)15-29-26(34)18-9-12-24-22(14-18)31-27(35)21-4-1-2-5-23(21)37-24/h1-2,4-5,7-12,14,16H,3,6,13,15H2,(H,29,34)(H,31,35). The maximum atomic E-state index is 12.9. The van der Waals surface area contributed by atoms with E-state index in [0.717, 1.165) is 43.9 Å². The van der Waals surface area contributed by atoms with Crippen LogP contribution in [0.4, 0.5) is 11.4 Å². The van der Waals surface area contributed by atoms with Crippen LogP contribution in [0.1, 0.15) is 38.4 Å². The predicted molar refractivity (Wildman–Crippen MR) is 145 cm³/mol. The van der Waals surface area contributed by atoms with E-state index in [1.807, 2.05) is 53.4 Å². The molecule has 1 aromatic heterocycles. The molecule has 0 bridgehead atoms. The van der Waals surface area contributed by atoms with Crippen molar-refractivity contribution in [3.63, 3.8) is 0 Å². The average molecular weight is 527 g/mol. The van der Waals surface area contributed by atoms with Crippen molar-refractivity contribution in [2.24, 2.45) is 0 Å². The van der Waals surface area contributed by atoms with Gasteiger partial charge in [0.1, 0.15) is 5.01 Å². The summed E-state index contributed by atoms with van der Waals surface area (Å²) in [6.07, 6.45) is 3.27. The predicted octanol–water partition coefficient (Wildman–Crippen LogP) is 5.58. The smallest absolute Gasteiger partial charge is 0.256 e. The van der Waals surface area contributed by atoms with E-state index in [1.165, 1.54) is 23.1 Å². The molecular weight excluding hydrogens is 504 g/mol. The highest BCUT2D eigenvalue weighted by Crippen LogP contribution is 2.39. The largest absolute Gasteiger partial charge is 0.347 e. The minimum Gasteiger partial charge on any atom is -0.347 e. The lowest BCUT2D eigenvalue weighted by atomic mass is 10.1. The molecule has 0 saturated carbocycles. The van der Waals surface area contributed by atoms with E-state index in [4.69, 9.17) is 0 Å². The summed E-state index contributed by atoms with van der Waals surface area (Å²) >= 11 is 3.02. The van der Waals surface area contributed by atoms with Crippen LogP contribution in [-0.4, -0.2) is 29.3 Å². The summed E-state index contributed by atoms with van der Waals surface area (Å²) in [6, 6.07) is 20.7. The zero-order valence-corrected chi connectivity index (χ0v) is 21.3. The molecule has 2 aliphatic heterocycles. The zero-order chi connectivity index (χ0) is 25.4. The molecule has 2 aliphatic rings. The highest BCUT2D eigenvalue weighted by atomic mass is 32.2. The van der Waals surface area contributed by atoms with Crippen molar-refractivity contribution in [1.29, 1.82) is 0 Å². The molecule has 0 aliphatic carbocycles. The molecule has 7 nitrogen and oxygen atoms in total. The first kappa shape index (κ1) is 23.4. The molecule has 0 radical (unpaired) electrons. The van der Waals surface area contributed by atoms with Gasteiger partial charge in [-0.1, -0.05) is 23.9 Å². The molecular formula is C28H22N4O3S2. The van der Waals surface area contributed by atoms with Gasteiger partial charge in [-0.3, -0.25) is 14.4 Å². The minimum atomic E-state index is -0.224. The Morgan fingerprint density at radius 3 is 2.68 bits per heavy atom. The summed E-state index contributed by atoms with van der Waals surface area (Å²) in [7, 11) is 0. The molecule has 2 N–H and O–H groups in total. The van der Waals surface area contributed by atoms with Gasteiger partial charge in [0.2, 0.25) is 5.91 Å². The first-order chi connectivity index (χ1) is 18.0. The summed E-state index contributed by atoms with van der Waals surface area (Å²) in [5.41, 5.74) is 3.60. The third kappa shape index (κ3) is 4.75. The summed E-state index contributed by atoms with van der Waals surface area (Å²) in [5, 5.41) is 6.73. The Kier molecular flexibility index (Phi) is 6.23. The Bertz CT molecular complexity index is 1530. The van der Waals surface area contributed by atoms with Gasteiger partial charge in [0.25, 0.3) is 11.8 Å². The quantitative estimate of drug-likeness (QED) is 0.354. The zero-order valence-electron chi connectivity index (χ0n) is 19.7. The topological polar surface area (TPSA) is 91.4 Å². The van der Waals surface area contributed by atoms with Crippen LogP contribution in [0.25, 0.3) is 10.6 Å². The van der Waals surface area contributed by atoms with E-state index in [-0.39, 0.29) is 17.7 Å². The monoisotopic (exact) mass is 526 g/mol. The number of carbonyl (C=O) groups is 3. The lowest BCUT2D eigenvalue weighted by molar-refractivity contribution is -0.117. The number of rotatable bonds is 5. The van der Waals surface area contributed by atoms with E-state index in [1.54, 1.807) is 24.4 Å². The van der Waals surface area contributed by atoms with Crippen LogP contribution in [0.15, 0.2) is 82.7 Å².